The number of carbonyl (C=O) groups excluding carboxylic acids is 1. The van der Waals surface area contributed by atoms with E-state index in [0.717, 1.165) is 6.42 Å². The Kier molecular flexibility index (Phi) is 4.23. The number of benzene rings is 1. The van der Waals surface area contributed by atoms with Gasteiger partial charge in [-0.2, -0.15) is 0 Å². The Bertz CT molecular complexity index is 424. The Morgan fingerprint density at radius 1 is 1.35 bits per heavy atom. The molecule has 3 N–H and O–H groups in total. The largest absolute Gasteiger partial charge is 0.391 e. The van der Waals surface area contributed by atoms with E-state index in [0.29, 0.717) is 5.56 Å². The van der Waals surface area contributed by atoms with Crippen LogP contribution in [0.1, 0.15) is 36.7 Å². The number of amides is 1. The zero-order chi connectivity index (χ0) is 13.1. The van der Waals surface area contributed by atoms with Crippen molar-refractivity contribution in [1.82, 2.24) is 5.32 Å². The van der Waals surface area contributed by atoms with E-state index >= 15 is 0 Å². The van der Waals surface area contributed by atoms with Crippen LogP contribution in [0.15, 0.2) is 24.3 Å². The number of nitrogens with two attached hydrogens (primary N) is 1. The maximum atomic E-state index is 11.9. The van der Waals surface area contributed by atoms with Crippen molar-refractivity contribution in [2.24, 2.45) is 5.73 Å². The van der Waals surface area contributed by atoms with E-state index in [-0.39, 0.29) is 10.9 Å². The van der Waals surface area contributed by atoms with Crippen molar-refractivity contribution in [2.75, 3.05) is 0 Å². The summed E-state index contributed by atoms with van der Waals surface area (Å²) < 4.78 is 0. The molecule has 0 saturated heterocycles. The first-order chi connectivity index (χ1) is 7.86. The van der Waals surface area contributed by atoms with Gasteiger partial charge < -0.3 is 11.1 Å². The van der Waals surface area contributed by atoms with Crippen molar-refractivity contribution in [3.05, 3.63) is 35.4 Å². The number of hydrogen-bond acceptors (Lipinski definition) is 2. The van der Waals surface area contributed by atoms with Gasteiger partial charge in [0.15, 0.2) is 0 Å². The average Bonchev–Trinajstić information content (AvgIpc) is 2.28. The van der Waals surface area contributed by atoms with Crippen molar-refractivity contribution in [1.29, 1.82) is 0 Å². The quantitative estimate of drug-likeness (QED) is 0.804. The molecule has 4 heteroatoms. The van der Waals surface area contributed by atoms with E-state index in [2.05, 4.69) is 12.2 Å². The fourth-order valence-corrected chi connectivity index (χ4v) is 1.36. The molecule has 0 bridgehead atoms. The van der Waals surface area contributed by atoms with Crippen LogP contribution < -0.4 is 11.1 Å². The van der Waals surface area contributed by atoms with Crippen LogP contribution in [-0.4, -0.2) is 16.4 Å². The SMILES string of the molecule is CCc1ccc(C(=O)NC(C)(C)C(N)=S)cc1. The summed E-state index contributed by atoms with van der Waals surface area (Å²) in [7, 11) is 0. The molecule has 0 aromatic heterocycles. The van der Waals surface area contributed by atoms with E-state index < -0.39 is 5.54 Å². The lowest BCUT2D eigenvalue weighted by atomic mass is 10.0. The second-order valence-corrected chi connectivity index (χ2v) is 4.93. The molecular weight excluding hydrogens is 232 g/mol. The molecule has 1 amide bonds. The summed E-state index contributed by atoms with van der Waals surface area (Å²) >= 11 is 4.90. The van der Waals surface area contributed by atoms with Crippen LogP contribution in [0.25, 0.3) is 0 Å². The van der Waals surface area contributed by atoms with E-state index in [1.54, 1.807) is 13.8 Å². The van der Waals surface area contributed by atoms with Gasteiger partial charge in [0.1, 0.15) is 0 Å². The third-order valence-corrected chi connectivity index (χ3v) is 3.18. The predicted molar refractivity (Wildman–Crippen MR) is 74.2 cm³/mol. The minimum Gasteiger partial charge on any atom is -0.391 e. The van der Waals surface area contributed by atoms with E-state index in [9.17, 15) is 4.79 Å². The van der Waals surface area contributed by atoms with Crippen LogP contribution in [0.5, 0.6) is 0 Å². The fourth-order valence-electron chi connectivity index (χ4n) is 1.31. The lowest BCUT2D eigenvalue weighted by Crippen LogP contribution is -2.52. The summed E-state index contributed by atoms with van der Waals surface area (Å²) in [5.41, 5.74) is 6.71. The van der Waals surface area contributed by atoms with Gasteiger partial charge in [-0.3, -0.25) is 4.79 Å². The van der Waals surface area contributed by atoms with Gasteiger partial charge >= 0.3 is 0 Å². The van der Waals surface area contributed by atoms with Crippen LogP contribution in [0.3, 0.4) is 0 Å². The van der Waals surface area contributed by atoms with Crippen molar-refractivity contribution in [2.45, 2.75) is 32.7 Å². The molecule has 0 aliphatic heterocycles. The zero-order valence-electron chi connectivity index (χ0n) is 10.4. The van der Waals surface area contributed by atoms with Crippen LogP contribution in [0, 0.1) is 0 Å². The maximum absolute atomic E-state index is 11.9. The van der Waals surface area contributed by atoms with Crippen LogP contribution in [-0.2, 0) is 6.42 Å². The van der Waals surface area contributed by atoms with Crippen LogP contribution >= 0.6 is 12.2 Å². The maximum Gasteiger partial charge on any atom is 0.252 e. The molecule has 0 aliphatic rings. The highest BCUT2D eigenvalue weighted by Gasteiger charge is 2.23. The van der Waals surface area contributed by atoms with Crippen LogP contribution in [0.2, 0.25) is 0 Å². The minimum absolute atomic E-state index is 0.162. The number of hydrogen-bond donors (Lipinski definition) is 2. The molecule has 0 spiro atoms. The van der Waals surface area contributed by atoms with Gasteiger partial charge in [0.25, 0.3) is 5.91 Å². The standard InChI is InChI=1S/C13H18N2OS/c1-4-9-5-7-10(8-6-9)11(16)15-13(2,3)12(14)17/h5-8H,4H2,1-3H3,(H2,14,17)(H,15,16). The summed E-state index contributed by atoms with van der Waals surface area (Å²) in [4.78, 5) is 12.2. The first-order valence-electron chi connectivity index (χ1n) is 5.58. The molecule has 0 atom stereocenters. The summed E-state index contributed by atoms with van der Waals surface area (Å²) in [6.45, 7) is 5.65. The molecule has 0 saturated carbocycles. The Morgan fingerprint density at radius 3 is 2.29 bits per heavy atom. The second kappa shape index (κ2) is 5.27. The van der Waals surface area contributed by atoms with Gasteiger partial charge in [-0.05, 0) is 38.0 Å². The molecule has 92 valence electrons. The lowest BCUT2D eigenvalue weighted by molar-refractivity contribution is 0.0932. The molecule has 0 heterocycles. The first kappa shape index (κ1) is 13.6. The molecule has 0 aliphatic carbocycles. The van der Waals surface area contributed by atoms with Gasteiger partial charge in [-0.25, -0.2) is 0 Å². The highest BCUT2D eigenvalue weighted by Crippen LogP contribution is 2.08. The van der Waals surface area contributed by atoms with Crippen LogP contribution in [0.4, 0.5) is 0 Å². The third-order valence-electron chi connectivity index (χ3n) is 2.67. The van der Waals surface area contributed by atoms with Gasteiger partial charge in [0.05, 0.1) is 10.5 Å². The van der Waals surface area contributed by atoms with Crippen molar-refractivity contribution in [3.63, 3.8) is 0 Å². The molecule has 0 fully saturated rings. The normalized spacial score (nSPS) is 11.0. The number of carbonyl (C=O) groups is 1. The smallest absolute Gasteiger partial charge is 0.252 e. The van der Waals surface area contributed by atoms with Gasteiger partial charge in [0, 0.05) is 5.56 Å². The monoisotopic (exact) mass is 250 g/mol. The highest BCUT2D eigenvalue weighted by molar-refractivity contribution is 7.80. The van der Waals surface area contributed by atoms with Gasteiger partial charge in [-0.15, -0.1) is 0 Å². The molecule has 1 aromatic carbocycles. The number of rotatable bonds is 4. The molecule has 0 unspecified atom stereocenters. The van der Waals surface area contributed by atoms with E-state index in [1.165, 1.54) is 5.56 Å². The summed E-state index contributed by atoms with van der Waals surface area (Å²) in [6, 6.07) is 7.51. The molecule has 3 nitrogen and oxygen atoms in total. The number of thiocarbonyl (C=S) groups is 1. The Hall–Kier alpha value is -1.42. The zero-order valence-corrected chi connectivity index (χ0v) is 11.2. The molecule has 1 rings (SSSR count). The van der Waals surface area contributed by atoms with Gasteiger partial charge in [-0.1, -0.05) is 31.3 Å². The Balaban J connectivity index is 2.80. The second-order valence-electron chi connectivity index (χ2n) is 4.49. The molecular formula is C13H18N2OS. The third kappa shape index (κ3) is 3.53. The first-order valence-corrected chi connectivity index (χ1v) is 5.99. The Labute approximate surface area is 107 Å². The lowest BCUT2D eigenvalue weighted by Gasteiger charge is -2.24. The predicted octanol–water partition coefficient (Wildman–Crippen LogP) is 2.04. The highest BCUT2D eigenvalue weighted by atomic mass is 32.1. The number of nitrogens with one attached hydrogen (secondary N) is 1. The fraction of sp³-hybridized carbons (Fsp3) is 0.385. The summed E-state index contributed by atoms with van der Waals surface area (Å²) in [6.07, 6.45) is 0.959. The van der Waals surface area contributed by atoms with Gasteiger partial charge in [0.2, 0.25) is 0 Å². The average molecular weight is 250 g/mol. The number of aryl methyl sites for hydroxylation is 1. The van der Waals surface area contributed by atoms with E-state index in [1.807, 2.05) is 24.3 Å². The van der Waals surface area contributed by atoms with Crippen molar-refractivity contribution in [3.8, 4) is 0 Å². The summed E-state index contributed by atoms with van der Waals surface area (Å²) in [5, 5.41) is 2.80. The minimum atomic E-state index is -0.671. The summed E-state index contributed by atoms with van der Waals surface area (Å²) in [5.74, 6) is -0.162. The van der Waals surface area contributed by atoms with Crippen molar-refractivity contribution >= 4 is 23.1 Å². The topological polar surface area (TPSA) is 55.1 Å². The molecule has 0 radical (unpaired) electrons. The molecule has 17 heavy (non-hydrogen) atoms. The van der Waals surface area contributed by atoms with Crippen molar-refractivity contribution < 1.29 is 4.79 Å². The molecule has 1 aromatic rings. The Morgan fingerprint density at radius 2 is 1.88 bits per heavy atom. The van der Waals surface area contributed by atoms with E-state index in [4.69, 9.17) is 18.0 Å².